The van der Waals surface area contributed by atoms with Gasteiger partial charge in [-0.3, -0.25) is 0 Å². The van der Waals surface area contributed by atoms with E-state index in [0.29, 0.717) is 0 Å². The van der Waals surface area contributed by atoms with Crippen LogP contribution < -0.4 is 0 Å². The van der Waals surface area contributed by atoms with Gasteiger partial charge in [-0.15, -0.1) is 0 Å². The summed E-state index contributed by atoms with van der Waals surface area (Å²) in [7, 11) is -4.99. The van der Waals surface area contributed by atoms with Crippen molar-refractivity contribution in [2.24, 2.45) is 0 Å². The van der Waals surface area contributed by atoms with Gasteiger partial charge in [-0.1, -0.05) is 6.92 Å². The third kappa shape index (κ3) is 39.4. The zero-order chi connectivity index (χ0) is 14.4. The predicted molar refractivity (Wildman–Crippen MR) is 57.1 cm³/mol. The number of rotatable bonds is 3. The minimum atomic E-state index is -10.7. The van der Waals surface area contributed by atoms with E-state index in [-0.39, 0.29) is 0 Å². The fourth-order valence-electron chi connectivity index (χ4n) is 0.688. The Morgan fingerprint density at radius 2 is 1.47 bits per heavy atom. The van der Waals surface area contributed by atoms with Gasteiger partial charge < -0.3 is 4.74 Å². The molecule has 0 saturated heterocycles. The Morgan fingerprint density at radius 1 is 1.12 bits per heavy atom. The van der Waals surface area contributed by atoms with E-state index < -0.39 is 7.81 Å². The maximum absolute atomic E-state index is 10.7. The molecule has 9 heteroatoms. The summed E-state index contributed by atoms with van der Waals surface area (Å²) < 4.78 is 66.1. The molecule has 0 radical (unpaired) electrons. The van der Waals surface area contributed by atoms with Crippen LogP contribution in [0.5, 0.6) is 0 Å². The third-order valence-electron chi connectivity index (χ3n) is 1.10. The van der Waals surface area contributed by atoms with Crippen molar-refractivity contribution < 1.29 is 34.5 Å². The number of nitrogens with zero attached hydrogens (tertiary/aromatic N) is 1. The monoisotopic (exact) mass is 287 g/mol. The van der Waals surface area contributed by atoms with Crippen molar-refractivity contribution in [2.45, 2.75) is 13.3 Å². The van der Waals surface area contributed by atoms with Crippen molar-refractivity contribution in [1.82, 2.24) is 0 Å². The van der Waals surface area contributed by atoms with Crippen molar-refractivity contribution in [1.29, 1.82) is 0 Å². The predicted octanol–water partition coefficient (Wildman–Crippen LogP) is 4.65. The van der Waals surface area contributed by atoms with Crippen molar-refractivity contribution in [3.63, 3.8) is 0 Å². The molecule has 0 heterocycles. The van der Waals surface area contributed by atoms with Crippen LogP contribution >= 0.6 is 7.81 Å². The number of hydrogen-bond acceptors (Lipinski definition) is 1. The van der Waals surface area contributed by atoms with Gasteiger partial charge in [0.25, 0.3) is 0 Å². The maximum atomic E-state index is 9.87. The third-order valence-corrected chi connectivity index (χ3v) is 1.10. The Balaban J connectivity index is 0. The van der Waals surface area contributed by atoms with E-state index in [1.165, 1.54) is 5.57 Å². The van der Waals surface area contributed by atoms with Gasteiger partial charge in [-0.2, -0.15) is 0 Å². The molecule has 17 heavy (non-hydrogen) atoms. The molecular formula is C8H16F6NOP. The molecule has 0 fully saturated rings. The summed E-state index contributed by atoms with van der Waals surface area (Å²) >= 11 is 0. The summed E-state index contributed by atoms with van der Waals surface area (Å²) in [6, 6.07) is 0. The molecule has 0 aromatic rings. The first kappa shape index (κ1) is 18.6. The van der Waals surface area contributed by atoms with Crippen LogP contribution in [0.1, 0.15) is 13.3 Å². The number of halogens is 6. The topological polar surface area (TPSA) is 12.2 Å². The summed E-state index contributed by atoms with van der Waals surface area (Å²) in [5, 5.41) is 0. The molecule has 0 aliphatic heterocycles. The zero-order valence-corrected chi connectivity index (χ0v) is 10.8. The second-order valence-corrected chi connectivity index (χ2v) is 5.25. The summed E-state index contributed by atoms with van der Waals surface area (Å²) in [5.41, 5.74) is 1.20. The SMILES string of the molecule is CCC(=COC)C=[N+](C)C.F[P-](F)(F)(F)(F)F. The van der Waals surface area contributed by atoms with Crippen LogP contribution in [0.3, 0.4) is 0 Å². The molecule has 0 aliphatic rings. The molecule has 0 bridgehead atoms. The Labute approximate surface area is 95.8 Å². The first-order valence-corrected chi connectivity index (χ1v) is 6.48. The van der Waals surface area contributed by atoms with E-state index in [0.717, 1.165) is 6.42 Å². The van der Waals surface area contributed by atoms with Crippen LogP contribution in [0, 0.1) is 0 Å². The molecule has 106 valence electrons. The average Bonchev–Trinajstić information content (AvgIpc) is 1.96. The molecule has 0 N–H and O–H groups in total. The van der Waals surface area contributed by atoms with Gasteiger partial charge in [0.2, 0.25) is 0 Å². The fraction of sp³-hybridized carbons (Fsp3) is 0.625. The van der Waals surface area contributed by atoms with E-state index in [4.69, 9.17) is 4.74 Å². The van der Waals surface area contributed by atoms with Gasteiger partial charge in [0.15, 0.2) is 6.21 Å². The molecule has 0 unspecified atom stereocenters. The summed E-state index contributed by atoms with van der Waals surface area (Å²) in [4.78, 5) is 0. The molecule has 0 aliphatic carbocycles. The average molecular weight is 287 g/mol. The zero-order valence-electron chi connectivity index (χ0n) is 9.93. The number of hydrogen-bond donors (Lipinski definition) is 0. The Kier molecular flexibility index (Phi) is 5.73. The van der Waals surface area contributed by atoms with Gasteiger partial charge >= 0.3 is 33.0 Å². The fourth-order valence-corrected chi connectivity index (χ4v) is 0.688. The Morgan fingerprint density at radius 3 is 1.65 bits per heavy atom. The second kappa shape index (κ2) is 5.25. The number of allylic oxidation sites excluding steroid dienone is 1. The second-order valence-electron chi connectivity index (χ2n) is 3.33. The first-order chi connectivity index (χ1) is 7.15. The molecule has 0 aromatic carbocycles. The van der Waals surface area contributed by atoms with E-state index in [1.54, 1.807) is 13.4 Å². The van der Waals surface area contributed by atoms with Gasteiger partial charge in [0.05, 0.1) is 13.4 Å². The van der Waals surface area contributed by atoms with Crippen molar-refractivity contribution in [2.75, 3.05) is 21.2 Å². The quantitative estimate of drug-likeness (QED) is 0.242. The molecular weight excluding hydrogens is 271 g/mol. The van der Waals surface area contributed by atoms with E-state index in [2.05, 4.69) is 6.92 Å². The number of ether oxygens (including phenoxy) is 1. The molecule has 2 nitrogen and oxygen atoms in total. The first-order valence-electron chi connectivity index (χ1n) is 4.45. The standard InChI is InChI=1S/C8H16NO.F6P/c1-5-8(7-10-4)6-9(2)3;1-7(2,3,4,5)6/h6-7H,5H2,1-4H3;/q+1;-1. The van der Waals surface area contributed by atoms with Crippen LogP contribution in [0.2, 0.25) is 0 Å². The van der Waals surface area contributed by atoms with E-state index in [1.807, 2.05) is 24.9 Å². The molecule has 0 amide bonds. The van der Waals surface area contributed by atoms with Crippen LogP contribution in [0.25, 0.3) is 0 Å². The van der Waals surface area contributed by atoms with Crippen LogP contribution in [0.4, 0.5) is 25.2 Å². The van der Waals surface area contributed by atoms with E-state index >= 15 is 0 Å². The van der Waals surface area contributed by atoms with Crippen LogP contribution in [-0.4, -0.2) is 32.0 Å². The molecule has 0 rings (SSSR count). The summed E-state index contributed by atoms with van der Waals surface area (Å²) in [5.74, 6) is 0. The van der Waals surface area contributed by atoms with Gasteiger partial charge in [0.1, 0.15) is 14.1 Å². The Hall–Kier alpha value is -0.780. The minimum absolute atomic E-state index is 1.01. The van der Waals surface area contributed by atoms with Gasteiger partial charge in [-0.05, 0) is 6.42 Å². The Bertz CT molecular complexity index is 288. The van der Waals surface area contributed by atoms with Crippen molar-refractivity contribution in [3.8, 4) is 0 Å². The molecule has 0 spiro atoms. The molecule has 0 aromatic heterocycles. The van der Waals surface area contributed by atoms with Crippen LogP contribution in [-0.2, 0) is 4.74 Å². The van der Waals surface area contributed by atoms with Gasteiger partial charge in [-0.25, -0.2) is 4.58 Å². The van der Waals surface area contributed by atoms with E-state index in [9.17, 15) is 25.2 Å². The molecule has 0 atom stereocenters. The van der Waals surface area contributed by atoms with Crippen LogP contribution in [0.15, 0.2) is 11.8 Å². The van der Waals surface area contributed by atoms with Crippen molar-refractivity contribution in [3.05, 3.63) is 11.8 Å². The number of methoxy groups -OCH3 is 1. The molecule has 0 saturated carbocycles. The van der Waals surface area contributed by atoms with Crippen molar-refractivity contribution >= 4 is 14.0 Å². The summed E-state index contributed by atoms with van der Waals surface area (Å²) in [6.07, 6.45) is 4.81. The normalized spacial score (nSPS) is 16.0. The summed E-state index contributed by atoms with van der Waals surface area (Å²) in [6.45, 7) is 2.10. The van der Waals surface area contributed by atoms with Gasteiger partial charge in [0, 0.05) is 5.57 Å².